The average Bonchev–Trinajstić information content (AvgIpc) is 3.01. The van der Waals surface area contributed by atoms with Gasteiger partial charge in [0.1, 0.15) is 0 Å². The monoisotopic (exact) mass is 313 g/mol. The fourth-order valence-corrected chi connectivity index (χ4v) is 2.95. The highest BCUT2D eigenvalue weighted by Crippen LogP contribution is 2.38. The van der Waals surface area contributed by atoms with Crippen molar-refractivity contribution in [1.82, 2.24) is 4.90 Å². The Hall–Kier alpha value is -1.62. The summed E-state index contributed by atoms with van der Waals surface area (Å²) in [6, 6.07) is 3.44. The molecular weight excluding hydrogens is 294 g/mol. The zero-order valence-electron chi connectivity index (χ0n) is 12.5. The summed E-state index contributed by atoms with van der Waals surface area (Å²) in [5.74, 6) is 1.82. The molecule has 0 aromatic heterocycles. The Morgan fingerprint density at radius 1 is 1.24 bits per heavy atom. The van der Waals surface area contributed by atoms with Gasteiger partial charge in [-0.2, -0.15) is 0 Å². The van der Waals surface area contributed by atoms with Crippen LogP contribution in [0.3, 0.4) is 0 Å². The van der Waals surface area contributed by atoms with Crippen LogP contribution in [-0.2, 0) is 0 Å². The van der Waals surface area contributed by atoms with Gasteiger partial charge >= 0.3 is 0 Å². The summed E-state index contributed by atoms with van der Waals surface area (Å²) >= 11 is 5.94. The SMILES string of the molecule is COc1cc(C(=O)N2CCCC2CCl)cc(OC)c1OC. The van der Waals surface area contributed by atoms with Gasteiger partial charge < -0.3 is 19.1 Å². The maximum Gasteiger partial charge on any atom is 0.254 e. The van der Waals surface area contributed by atoms with Gasteiger partial charge in [-0.25, -0.2) is 0 Å². The van der Waals surface area contributed by atoms with E-state index in [0.29, 0.717) is 28.7 Å². The predicted molar refractivity (Wildman–Crippen MR) is 80.9 cm³/mol. The number of likely N-dealkylation sites (tertiary alicyclic amines) is 1. The number of alkyl halides is 1. The minimum absolute atomic E-state index is 0.0580. The lowest BCUT2D eigenvalue weighted by Crippen LogP contribution is -2.36. The van der Waals surface area contributed by atoms with Crippen molar-refractivity contribution < 1.29 is 19.0 Å². The van der Waals surface area contributed by atoms with Crippen molar-refractivity contribution in [3.63, 3.8) is 0 Å². The Morgan fingerprint density at radius 3 is 2.33 bits per heavy atom. The van der Waals surface area contributed by atoms with Crippen molar-refractivity contribution in [2.24, 2.45) is 0 Å². The average molecular weight is 314 g/mol. The molecule has 1 aliphatic rings. The molecule has 5 nitrogen and oxygen atoms in total. The fraction of sp³-hybridized carbons (Fsp3) is 0.533. The van der Waals surface area contributed by atoms with Crippen molar-refractivity contribution in [3.8, 4) is 17.2 Å². The first-order chi connectivity index (χ1) is 10.2. The number of hydrogen-bond acceptors (Lipinski definition) is 4. The summed E-state index contributed by atoms with van der Waals surface area (Å²) in [5.41, 5.74) is 0.515. The molecule has 0 N–H and O–H groups in total. The molecule has 2 rings (SSSR count). The predicted octanol–water partition coefficient (Wildman–Crippen LogP) is 2.56. The third-order valence-electron chi connectivity index (χ3n) is 3.73. The van der Waals surface area contributed by atoms with Gasteiger partial charge in [0.2, 0.25) is 5.75 Å². The molecule has 1 unspecified atom stereocenters. The minimum atomic E-state index is -0.0580. The summed E-state index contributed by atoms with van der Waals surface area (Å²) in [7, 11) is 4.60. The van der Waals surface area contributed by atoms with E-state index in [1.807, 2.05) is 4.90 Å². The molecule has 1 atom stereocenters. The summed E-state index contributed by atoms with van der Waals surface area (Å²) in [4.78, 5) is 14.5. The van der Waals surface area contributed by atoms with Gasteiger partial charge in [0.25, 0.3) is 5.91 Å². The third-order valence-corrected chi connectivity index (χ3v) is 4.08. The highest BCUT2D eigenvalue weighted by atomic mass is 35.5. The number of halogens is 1. The van der Waals surface area contributed by atoms with E-state index in [1.54, 1.807) is 12.1 Å². The fourth-order valence-electron chi connectivity index (χ4n) is 2.63. The van der Waals surface area contributed by atoms with E-state index < -0.39 is 0 Å². The molecule has 116 valence electrons. The number of carbonyl (C=O) groups excluding carboxylic acids is 1. The molecule has 1 aliphatic heterocycles. The number of carbonyl (C=O) groups is 1. The minimum Gasteiger partial charge on any atom is -0.493 e. The molecule has 6 heteroatoms. The molecule has 0 saturated carbocycles. The number of methoxy groups -OCH3 is 3. The van der Waals surface area contributed by atoms with Gasteiger partial charge in [-0.1, -0.05) is 0 Å². The van der Waals surface area contributed by atoms with E-state index in [9.17, 15) is 4.79 Å². The highest BCUT2D eigenvalue weighted by molar-refractivity contribution is 6.18. The quantitative estimate of drug-likeness (QED) is 0.784. The Bertz CT molecular complexity index is 495. The largest absolute Gasteiger partial charge is 0.493 e. The lowest BCUT2D eigenvalue weighted by Gasteiger charge is -2.23. The second kappa shape index (κ2) is 6.89. The zero-order chi connectivity index (χ0) is 15.4. The zero-order valence-corrected chi connectivity index (χ0v) is 13.3. The van der Waals surface area contributed by atoms with Gasteiger partial charge in [0.05, 0.1) is 21.3 Å². The van der Waals surface area contributed by atoms with Crippen LogP contribution in [0.15, 0.2) is 12.1 Å². The first-order valence-corrected chi connectivity index (χ1v) is 7.36. The number of rotatable bonds is 5. The van der Waals surface area contributed by atoms with Crippen LogP contribution in [0.5, 0.6) is 17.2 Å². The van der Waals surface area contributed by atoms with Crippen LogP contribution in [0.4, 0.5) is 0 Å². The van der Waals surface area contributed by atoms with Crippen LogP contribution < -0.4 is 14.2 Å². The smallest absolute Gasteiger partial charge is 0.254 e. The van der Waals surface area contributed by atoms with Crippen molar-refractivity contribution in [2.75, 3.05) is 33.8 Å². The number of benzene rings is 1. The van der Waals surface area contributed by atoms with E-state index >= 15 is 0 Å². The van der Waals surface area contributed by atoms with Crippen LogP contribution in [0.1, 0.15) is 23.2 Å². The topological polar surface area (TPSA) is 48.0 Å². The van der Waals surface area contributed by atoms with Crippen LogP contribution >= 0.6 is 11.6 Å². The van der Waals surface area contributed by atoms with Crippen LogP contribution in [-0.4, -0.2) is 50.6 Å². The number of hydrogen-bond donors (Lipinski definition) is 0. The van der Waals surface area contributed by atoms with Crippen LogP contribution in [0.25, 0.3) is 0 Å². The van der Waals surface area contributed by atoms with E-state index in [-0.39, 0.29) is 11.9 Å². The van der Waals surface area contributed by atoms with Crippen LogP contribution in [0.2, 0.25) is 0 Å². The summed E-state index contributed by atoms with van der Waals surface area (Å²) in [6.45, 7) is 0.729. The molecule has 1 amide bonds. The highest BCUT2D eigenvalue weighted by Gasteiger charge is 2.30. The molecule has 1 fully saturated rings. The molecule has 0 radical (unpaired) electrons. The Labute approximate surface area is 129 Å². The van der Waals surface area contributed by atoms with Gasteiger partial charge in [0, 0.05) is 24.0 Å². The second-order valence-electron chi connectivity index (χ2n) is 4.86. The number of nitrogens with zero attached hydrogens (tertiary/aromatic N) is 1. The molecule has 1 aromatic rings. The summed E-state index contributed by atoms with van der Waals surface area (Å²) < 4.78 is 15.8. The van der Waals surface area contributed by atoms with Gasteiger partial charge in [-0.15, -0.1) is 11.6 Å². The lowest BCUT2D eigenvalue weighted by atomic mass is 10.1. The van der Waals surface area contributed by atoms with Crippen molar-refractivity contribution in [1.29, 1.82) is 0 Å². The summed E-state index contributed by atoms with van der Waals surface area (Å²) in [6.07, 6.45) is 1.92. The molecule has 0 aliphatic carbocycles. The standard InChI is InChI=1S/C15H20ClNO4/c1-19-12-7-10(8-13(20-2)14(12)21-3)15(18)17-6-4-5-11(17)9-16/h7-8,11H,4-6,9H2,1-3H3. The molecular formula is C15H20ClNO4. The molecule has 1 heterocycles. The molecule has 1 aromatic carbocycles. The van der Waals surface area contributed by atoms with E-state index in [4.69, 9.17) is 25.8 Å². The maximum absolute atomic E-state index is 12.7. The first-order valence-electron chi connectivity index (χ1n) is 6.83. The molecule has 0 bridgehead atoms. The van der Waals surface area contributed by atoms with Crippen LogP contribution in [0, 0.1) is 0 Å². The Balaban J connectivity index is 2.37. The summed E-state index contributed by atoms with van der Waals surface area (Å²) in [5, 5.41) is 0. The van der Waals surface area contributed by atoms with E-state index in [0.717, 1.165) is 19.4 Å². The third kappa shape index (κ3) is 3.02. The maximum atomic E-state index is 12.7. The Kier molecular flexibility index (Phi) is 5.17. The molecule has 21 heavy (non-hydrogen) atoms. The molecule has 0 spiro atoms. The molecule has 1 saturated heterocycles. The van der Waals surface area contributed by atoms with Crippen molar-refractivity contribution in [2.45, 2.75) is 18.9 Å². The normalized spacial score (nSPS) is 17.7. The number of ether oxygens (including phenoxy) is 3. The van der Waals surface area contributed by atoms with Crippen molar-refractivity contribution >= 4 is 17.5 Å². The van der Waals surface area contributed by atoms with E-state index in [1.165, 1.54) is 21.3 Å². The van der Waals surface area contributed by atoms with Crippen molar-refractivity contribution in [3.05, 3.63) is 17.7 Å². The lowest BCUT2D eigenvalue weighted by molar-refractivity contribution is 0.0748. The van der Waals surface area contributed by atoms with Gasteiger partial charge in [0.15, 0.2) is 11.5 Å². The van der Waals surface area contributed by atoms with E-state index in [2.05, 4.69) is 0 Å². The number of amides is 1. The van der Waals surface area contributed by atoms with Gasteiger partial charge in [-0.3, -0.25) is 4.79 Å². The second-order valence-corrected chi connectivity index (χ2v) is 5.17. The first kappa shape index (κ1) is 15.8. The van der Waals surface area contributed by atoms with Gasteiger partial charge in [-0.05, 0) is 25.0 Å². The Morgan fingerprint density at radius 2 is 1.86 bits per heavy atom.